The van der Waals surface area contributed by atoms with Crippen molar-refractivity contribution in [2.75, 3.05) is 19.7 Å². The summed E-state index contributed by atoms with van der Waals surface area (Å²) >= 11 is 0. The van der Waals surface area contributed by atoms with Gasteiger partial charge in [-0.1, -0.05) is 13.0 Å². The fourth-order valence-electron chi connectivity index (χ4n) is 4.31. The van der Waals surface area contributed by atoms with Gasteiger partial charge in [0.05, 0.1) is 12.1 Å². The van der Waals surface area contributed by atoms with Crippen LogP contribution in [0, 0.1) is 5.92 Å². The van der Waals surface area contributed by atoms with Crippen LogP contribution in [-0.4, -0.2) is 71.1 Å². The number of rotatable bonds is 0. The molecule has 0 aromatic carbocycles. The molecule has 0 aromatic rings. The Morgan fingerprint density at radius 1 is 1.28 bits per heavy atom. The molecule has 4 aliphatic rings. The molecule has 3 fully saturated rings. The van der Waals surface area contributed by atoms with Crippen LogP contribution in [0.1, 0.15) is 33.6 Å². The van der Waals surface area contributed by atoms with Crippen LogP contribution in [-0.2, 0) is 23.8 Å². The molecule has 1 spiro atoms. The van der Waals surface area contributed by atoms with Crippen LogP contribution in [0.2, 0.25) is 0 Å². The van der Waals surface area contributed by atoms with Crippen LogP contribution < -0.4 is 0 Å². The Hall–Kier alpha value is -1.44. The van der Waals surface area contributed by atoms with Gasteiger partial charge in [0.2, 0.25) is 0 Å². The van der Waals surface area contributed by atoms with Crippen molar-refractivity contribution in [1.29, 1.82) is 0 Å². The molecule has 0 radical (unpaired) electrons. The lowest BCUT2D eigenvalue weighted by Gasteiger charge is -2.32. The van der Waals surface area contributed by atoms with Crippen molar-refractivity contribution in [3.63, 3.8) is 0 Å². The molecule has 138 valence electrons. The van der Waals surface area contributed by atoms with Gasteiger partial charge in [-0.15, -0.1) is 0 Å². The topological polar surface area (TPSA) is 88.6 Å². The number of epoxide rings is 1. The summed E-state index contributed by atoms with van der Waals surface area (Å²) in [6.07, 6.45) is 2.48. The van der Waals surface area contributed by atoms with E-state index >= 15 is 0 Å². The van der Waals surface area contributed by atoms with E-state index in [1.807, 2.05) is 13.0 Å². The standard InChI is InChI=1S/C18H25NO6/c1-10-8-18(11(2)25-18)16(21)24-13-5-7-19-6-4-12(14(13)19)9-23-15(20)17(10,3)22/h4,10-11,13-14,22H,5-9H2,1-3H3/t10-,11+,13+,14+,17+,18-/m0/s1. The molecule has 3 saturated heterocycles. The minimum Gasteiger partial charge on any atom is -0.459 e. The first-order chi connectivity index (χ1) is 11.8. The Morgan fingerprint density at radius 3 is 2.68 bits per heavy atom. The van der Waals surface area contributed by atoms with Crippen LogP contribution in [0.15, 0.2) is 11.6 Å². The number of ether oxygens (including phenoxy) is 3. The molecule has 4 heterocycles. The lowest BCUT2D eigenvalue weighted by Crippen LogP contribution is -2.48. The second kappa shape index (κ2) is 5.53. The van der Waals surface area contributed by atoms with E-state index in [0.29, 0.717) is 0 Å². The fraction of sp³-hybridized carbons (Fsp3) is 0.778. The number of nitrogens with zero attached hydrogens (tertiary/aromatic N) is 1. The van der Waals surface area contributed by atoms with E-state index in [1.165, 1.54) is 6.92 Å². The lowest BCUT2D eigenvalue weighted by molar-refractivity contribution is -0.172. The van der Waals surface area contributed by atoms with E-state index < -0.39 is 23.1 Å². The van der Waals surface area contributed by atoms with E-state index in [-0.39, 0.29) is 37.2 Å². The SMILES string of the molecule is C[C@H]1C[C@@]2(O[C@@H]2C)C(=O)O[C@@H]2CCN3CC=C(COC(=O)[C@]1(C)O)[C@H]23. The van der Waals surface area contributed by atoms with E-state index in [2.05, 4.69) is 4.90 Å². The Morgan fingerprint density at radius 2 is 2.00 bits per heavy atom. The molecular weight excluding hydrogens is 326 g/mol. The molecule has 0 aliphatic carbocycles. The third-order valence-electron chi connectivity index (χ3n) is 6.36. The number of hydrogen-bond acceptors (Lipinski definition) is 7. The van der Waals surface area contributed by atoms with E-state index in [0.717, 1.165) is 25.1 Å². The number of cyclic esters (lactones) is 1. The van der Waals surface area contributed by atoms with Gasteiger partial charge in [0.1, 0.15) is 12.7 Å². The van der Waals surface area contributed by atoms with E-state index in [9.17, 15) is 14.7 Å². The molecule has 6 atom stereocenters. The van der Waals surface area contributed by atoms with Crippen LogP contribution in [0.5, 0.6) is 0 Å². The molecule has 0 amide bonds. The quantitative estimate of drug-likeness (QED) is 0.384. The van der Waals surface area contributed by atoms with Crippen LogP contribution in [0.4, 0.5) is 0 Å². The van der Waals surface area contributed by atoms with Gasteiger partial charge in [0.25, 0.3) is 0 Å². The summed E-state index contributed by atoms with van der Waals surface area (Å²) in [4.78, 5) is 27.5. The first-order valence-corrected chi connectivity index (χ1v) is 8.97. The summed E-state index contributed by atoms with van der Waals surface area (Å²) in [7, 11) is 0. The molecule has 7 nitrogen and oxygen atoms in total. The molecule has 4 aliphatic heterocycles. The lowest BCUT2D eigenvalue weighted by atomic mass is 9.82. The number of carbonyl (C=O) groups excluding carboxylic acids is 2. The average molecular weight is 351 g/mol. The van der Waals surface area contributed by atoms with Gasteiger partial charge in [-0.05, 0) is 38.2 Å². The summed E-state index contributed by atoms with van der Waals surface area (Å²) < 4.78 is 16.9. The number of hydrogen-bond donors (Lipinski definition) is 1. The summed E-state index contributed by atoms with van der Waals surface area (Å²) in [5.41, 5.74) is -1.82. The normalized spacial score (nSPS) is 47.4. The number of esters is 2. The highest BCUT2D eigenvalue weighted by Crippen LogP contribution is 2.46. The van der Waals surface area contributed by atoms with Gasteiger partial charge >= 0.3 is 11.9 Å². The fourth-order valence-corrected chi connectivity index (χ4v) is 4.31. The van der Waals surface area contributed by atoms with E-state index in [1.54, 1.807) is 6.92 Å². The van der Waals surface area contributed by atoms with Gasteiger partial charge in [-0.3, -0.25) is 4.90 Å². The molecule has 1 N–H and O–H groups in total. The third kappa shape index (κ3) is 2.52. The molecule has 25 heavy (non-hydrogen) atoms. The zero-order valence-electron chi connectivity index (χ0n) is 14.9. The summed E-state index contributed by atoms with van der Waals surface area (Å²) in [6.45, 7) is 6.70. The van der Waals surface area contributed by atoms with Crippen molar-refractivity contribution in [2.24, 2.45) is 5.92 Å². The molecule has 0 unspecified atom stereocenters. The monoisotopic (exact) mass is 351 g/mol. The molecule has 0 saturated carbocycles. The Bertz CT molecular complexity index is 643. The predicted octanol–water partition coefficient (Wildman–Crippen LogP) is 0.404. The average Bonchev–Trinajstić information content (AvgIpc) is 2.91. The first kappa shape index (κ1) is 17.0. The number of aliphatic hydroxyl groups is 1. The van der Waals surface area contributed by atoms with Crippen LogP contribution >= 0.6 is 0 Å². The minimum absolute atomic E-state index is 0.0512. The zero-order valence-corrected chi connectivity index (χ0v) is 14.9. The van der Waals surface area contributed by atoms with Crippen molar-refractivity contribution >= 4 is 11.9 Å². The highest BCUT2D eigenvalue weighted by Gasteiger charge is 2.64. The van der Waals surface area contributed by atoms with Crippen molar-refractivity contribution in [1.82, 2.24) is 4.90 Å². The minimum atomic E-state index is -1.69. The van der Waals surface area contributed by atoms with Crippen LogP contribution in [0.25, 0.3) is 0 Å². The highest BCUT2D eigenvalue weighted by atomic mass is 16.7. The van der Waals surface area contributed by atoms with Gasteiger partial charge in [-0.25, -0.2) is 9.59 Å². The first-order valence-electron chi connectivity index (χ1n) is 8.97. The summed E-state index contributed by atoms with van der Waals surface area (Å²) in [5, 5.41) is 10.7. The molecule has 0 aromatic heterocycles. The van der Waals surface area contributed by atoms with Gasteiger partial charge in [-0.2, -0.15) is 0 Å². The van der Waals surface area contributed by atoms with Crippen LogP contribution in [0.3, 0.4) is 0 Å². The van der Waals surface area contributed by atoms with Gasteiger partial charge in [0, 0.05) is 13.1 Å². The summed E-state index contributed by atoms with van der Waals surface area (Å²) in [6, 6.07) is -0.0512. The van der Waals surface area contributed by atoms with Crippen molar-refractivity contribution < 1.29 is 28.9 Å². The van der Waals surface area contributed by atoms with Crippen molar-refractivity contribution in [2.45, 2.75) is 63.1 Å². The zero-order chi connectivity index (χ0) is 18.0. The molecule has 0 bridgehead atoms. The van der Waals surface area contributed by atoms with Crippen molar-refractivity contribution in [3.8, 4) is 0 Å². The molecule has 7 heteroatoms. The second-order valence-electron chi connectivity index (χ2n) is 7.93. The maximum atomic E-state index is 12.9. The Labute approximate surface area is 146 Å². The maximum absolute atomic E-state index is 12.9. The smallest absolute Gasteiger partial charge is 0.341 e. The molecule has 4 rings (SSSR count). The highest BCUT2D eigenvalue weighted by molar-refractivity contribution is 5.84. The van der Waals surface area contributed by atoms with E-state index in [4.69, 9.17) is 14.2 Å². The second-order valence-corrected chi connectivity index (χ2v) is 7.93. The Kier molecular flexibility index (Phi) is 3.76. The largest absolute Gasteiger partial charge is 0.459 e. The Balaban J connectivity index is 1.66. The molecular formula is C18H25NO6. The predicted molar refractivity (Wildman–Crippen MR) is 86.6 cm³/mol. The number of carbonyl (C=O) groups is 2. The third-order valence-corrected chi connectivity index (χ3v) is 6.36. The van der Waals surface area contributed by atoms with Gasteiger partial charge < -0.3 is 19.3 Å². The van der Waals surface area contributed by atoms with Crippen molar-refractivity contribution in [3.05, 3.63) is 11.6 Å². The maximum Gasteiger partial charge on any atom is 0.341 e. The summed E-state index contributed by atoms with van der Waals surface area (Å²) in [5.74, 6) is -1.55. The van der Waals surface area contributed by atoms with Gasteiger partial charge in [0.15, 0.2) is 11.2 Å².